The summed E-state index contributed by atoms with van der Waals surface area (Å²) < 4.78 is 4.98. The predicted octanol–water partition coefficient (Wildman–Crippen LogP) is 3.13. The van der Waals surface area contributed by atoms with Gasteiger partial charge < -0.3 is 10.1 Å². The second kappa shape index (κ2) is 7.21. The molecular formula is C11H12BrCl2NO2. The number of amides is 1. The maximum atomic E-state index is 11.9. The zero-order chi connectivity index (χ0) is 12.8. The second-order valence-electron chi connectivity index (χ2n) is 3.40. The van der Waals surface area contributed by atoms with E-state index in [9.17, 15) is 4.79 Å². The highest BCUT2D eigenvalue weighted by atomic mass is 79.9. The van der Waals surface area contributed by atoms with Gasteiger partial charge in [0.25, 0.3) is 5.91 Å². The molecular weight excluding hydrogens is 329 g/mol. The Labute approximate surface area is 119 Å². The van der Waals surface area contributed by atoms with Crippen molar-refractivity contribution in [2.75, 3.05) is 19.0 Å². The average molecular weight is 341 g/mol. The van der Waals surface area contributed by atoms with Gasteiger partial charge >= 0.3 is 0 Å². The van der Waals surface area contributed by atoms with Crippen LogP contribution in [0, 0.1) is 0 Å². The molecule has 1 aromatic rings. The van der Waals surface area contributed by atoms with E-state index in [2.05, 4.69) is 21.2 Å². The highest BCUT2D eigenvalue weighted by Crippen LogP contribution is 2.20. The fourth-order valence-corrected chi connectivity index (χ4v) is 1.98. The molecule has 0 bridgehead atoms. The summed E-state index contributed by atoms with van der Waals surface area (Å²) in [5.41, 5.74) is 0.362. The van der Waals surface area contributed by atoms with E-state index < -0.39 is 0 Å². The number of rotatable bonds is 5. The third-order valence-corrected chi connectivity index (χ3v) is 3.41. The first-order chi connectivity index (χ1) is 8.08. The molecule has 0 saturated heterocycles. The van der Waals surface area contributed by atoms with E-state index in [1.807, 2.05) is 0 Å². The van der Waals surface area contributed by atoms with Crippen LogP contribution in [0.5, 0.6) is 0 Å². The van der Waals surface area contributed by atoms with Crippen molar-refractivity contribution in [2.45, 2.75) is 6.04 Å². The van der Waals surface area contributed by atoms with Crippen molar-refractivity contribution in [3.8, 4) is 0 Å². The minimum absolute atomic E-state index is 0.109. The van der Waals surface area contributed by atoms with Crippen LogP contribution in [0.25, 0.3) is 0 Å². The van der Waals surface area contributed by atoms with Crippen LogP contribution in [0.3, 0.4) is 0 Å². The van der Waals surface area contributed by atoms with Gasteiger partial charge in [-0.2, -0.15) is 0 Å². The van der Waals surface area contributed by atoms with Gasteiger partial charge in [0.1, 0.15) is 0 Å². The van der Waals surface area contributed by atoms with Gasteiger partial charge in [0, 0.05) is 17.5 Å². The number of ether oxygens (including phenoxy) is 1. The number of hydrogen-bond acceptors (Lipinski definition) is 2. The van der Waals surface area contributed by atoms with Crippen LogP contribution in [0.1, 0.15) is 10.4 Å². The first-order valence-electron chi connectivity index (χ1n) is 4.89. The van der Waals surface area contributed by atoms with Gasteiger partial charge in [0.2, 0.25) is 0 Å². The standard InChI is InChI=1S/C11H12BrCl2NO2/c1-17-6-8(5-12)15-11(16)9-4-7(13)2-3-10(9)14/h2-4,8H,5-6H2,1H3,(H,15,16). The molecule has 0 heterocycles. The van der Waals surface area contributed by atoms with Crippen molar-refractivity contribution in [1.29, 1.82) is 0 Å². The van der Waals surface area contributed by atoms with Gasteiger partial charge in [-0.15, -0.1) is 0 Å². The molecule has 0 radical (unpaired) electrons. The molecule has 0 aliphatic rings. The Balaban J connectivity index is 2.78. The lowest BCUT2D eigenvalue weighted by atomic mass is 10.2. The normalized spacial score (nSPS) is 12.2. The zero-order valence-electron chi connectivity index (χ0n) is 9.17. The van der Waals surface area contributed by atoms with Crippen LogP contribution in [-0.4, -0.2) is 31.0 Å². The van der Waals surface area contributed by atoms with Crippen LogP contribution in [0.2, 0.25) is 10.0 Å². The second-order valence-corrected chi connectivity index (χ2v) is 4.90. The van der Waals surface area contributed by atoms with E-state index in [-0.39, 0.29) is 11.9 Å². The number of carbonyl (C=O) groups is 1. The van der Waals surface area contributed by atoms with E-state index in [0.29, 0.717) is 27.5 Å². The quantitative estimate of drug-likeness (QED) is 0.836. The van der Waals surface area contributed by atoms with Crippen molar-refractivity contribution in [1.82, 2.24) is 5.32 Å². The maximum absolute atomic E-state index is 11.9. The minimum Gasteiger partial charge on any atom is -0.383 e. The number of benzene rings is 1. The molecule has 0 aliphatic heterocycles. The number of halogens is 3. The third kappa shape index (κ3) is 4.47. The largest absolute Gasteiger partial charge is 0.383 e. The van der Waals surface area contributed by atoms with Crippen molar-refractivity contribution in [3.63, 3.8) is 0 Å². The molecule has 1 N–H and O–H groups in total. The first kappa shape index (κ1) is 14.8. The van der Waals surface area contributed by atoms with E-state index in [0.717, 1.165) is 0 Å². The fourth-order valence-electron chi connectivity index (χ4n) is 1.26. The summed E-state index contributed by atoms with van der Waals surface area (Å²) >= 11 is 15.0. The van der Waals surface area contributed by atoms with Gasteiger partial charge in [-0.05, 0) is 18.2 Å². The van der Waals surface area contributed by atoms with Gasteiger partial charge in [0.15, 0.2) is 0 Å². The Morgan fingerprint density at radius 3 is 2.82 bits per heavy atom. The molecule has 1 unspecified atom stereocenters. The molecule has 0 spiro atoms. The Bertz CT molecular complexity index is 401. The van der Waals surface area contributed by atoms with E-state index in [4.69, 9.17) is 27.9 Å². The SMILES string of the molecule is COCC(CBr)NC(=O)c1cc(Cl)ccc1Cl. The summed E-state index contributed by atoms with van der Waals surface area (Å²) in [5.74, 6) is -0.265. The van der Waals surface area contributed by atoms with E-state index >= 15 is 0 Å². The lowest BCUT2D eigenvalue weighted by molar-refractivity contribution is 0.0908. The predicted molar refractivity (Wildman–Crippen MR) is 73.4 cm³/mol. The zero-order valence-corrected chi connectivity index (χ0v) is 12.3. The average Bonchev–Trinajstić information content (AvgIpc) is 2.31. The van der Waals surface area contributed by atoms with Crippen molar-refractivity contribution < 1.29 is 9.53 Å². The van der Waals surface area contributed by atoms with Crippen LogP contribution in [0.15, 0.2) is 18.2 Å². The molecule has 1 aromatic carbocycles. The van der Waals surface area contributed by atoms with Crippen LogP contribution in [0.4, 0.5) is 0 Å². The number of carbonyl (C=O) groups excluding carboxylic acids is 1. The molecule has 94 valence electrons. The van der Waals surface area contributed by atoms with Crippen LogP contribution in [-0.2, 0) is 4.74 Å². The first-order valence-corrected chi connectivity index (χ1v) is 6.77. The van der Waals surface area contributed by atoms with Gasteiger partial charge in [-0.25, -0.2) is 0 Å². The molecule has 1 amide bonds. The van der Waals surface area contributed by atoms with Crippen molar-refractivity contribution in [3.05, 3.63) is 33.8 Å². The van der Waals surface area contributed by atoms with Crippen LogP contribution < -0.4 is 5.32 Å². The Morgan fingerprint density at radius 2 is 2.24 bits per heavy atom. The lowest BCUT2D eigenvalue weighted by Gasteiger charge is -2.15. The molecule has 1 rings (SSSR count). The molecule has 0 saturated carbocycles. The number of methoxy groups -OCH3 is 1. The smallest absolute Gasteiger partial charge is 0.253 e. The summed E-state index contributed by atoms with van der Waals surface area (Å²) in [5, 5.41) is 4.25. The minimum atomic E-state index is -0.265. The number of nitrogens with one attached hydrogen (secondary N) is 1. The van der Waals surface area contributed by atoms with Gasteiger partial charge in [-0.1, -0.05) is 39.1 Å². The molecule has 3 nitrogen and oxygen atoms in total. The summed E-state index contributed by atoms with van der Waals surface area (Å²) in [6.45, 7) is 0.426. The van der Waals surface area contributed by atoms with Crippen molar-refractivity contribution >= 4 is 45.0 Å². The van der Waals surface area contributed by atoms with E-state index in [1.165, 1.54) is 6.07 Å². The summed E-state index contributed by atoms with van der Waals surface area (Å²) in [6, 6.07) is 4.66. The van der Waals surface area contributed by atoms with Gasteiger partial charge in [0.05, 0.1) is 23.2 Å². The third-order valence-electron chi connectivity index (χ3n) is 2.06. The molecule has 0 aliphatic carbocycles. The topological polar surface area (TPSA) is 38.3 Å². The lowest BCUT2D eigenvalue weighted by Crippen LogP contribution is -2.39. The fraction of sp³-hybridized carbons (Fsp3) is 0.364. The van der Waals surface area contributed by atoms with Crippen molar-refractivity contribution in [2.24, 2.45) is 0 Å². The maximum Gasteiger partial charge on any atom is 0.253 e. The highest BCUT2D eigenvalue weighted by Gasteiger charge is 2.15. The molecule has 6 heteroatoms. The van der Waals surface area contributed by atoms with Gasteiger partial charge in [-0.3, -0.25) is 4.79 Å². The van der Waals surface area contributed by atoms with Crippen LogP contribution >= 0.6 is 39.1 Å². The highest BCUT2D eigenvalue weighted by molar-refractivity contribution is 9.09. The summed E-state index contributed by atoms with van der Waals surface area (Å²) in [7, 11) is 1.58. The molecule has 0 fully saturated rings. The molecule has 1 atom stereocenters. The number of alkyl halides is 1. The monoisotopic (exact) mass is 339 g/mol. The summed E-state index contributed by atoms with van der Waals surface area (Å²) in [4.78, 5) is 11.9. The Kier molecular flexibility index (Phi) is 6.27. The summed E-state index contributed by atoms with van der Waals surface area (Å²) in [6.07, 6.45) is 0. The Morgan fingerprint density at radius 1 is 1.53 bits per heavy atom. The molecule has 17 heavy (non-hydrogen) atoms. The molecule has 0 aromatic heterocycles. The Hall–Kier alpha value is -0.290. The van der Waals surface area contributed by atoms with E-state index in [1.54, 1.807) is 19.2 Å². The number of hydrogen-bond donors (Lipinski definition) is 1.